The maximum atomic E-state index is 12.8. The van der Waals surface area contributed by atoms with Gasteiger partial charge in [-0.3, -0.25) is 9.89 Å². The molecular weight excluding hydrogens is 278 g/mol. The van der Waals surface area contributed by atoms with Gasteiger partial charge in [-0.25, -0.2) is 0 Å². The lowest BCUT2D eigenvalue weighted by atomic mass is 9.48. The first-order chi connectivity index (χ1) is 10.5. The van der Waals surface area contributed by atoms with Crippen LogP contribution in [0.2, 0.25) is 0 Å². The highest BCUT2D eigenvalue weighted by atomic mass is 16.3. The van der Waals surface area contributed by atoms with Gasteiger partial charge in [0.15, 0.2) is 0 Å². The van der Waals surface area contributed by atoms with E-state index in [0.29, 0.717) is 18.0 Å². The van der Waals surface area contributed by atoms with Gasteiger partial charge in [-0.05, 0) is 29.9 Å². The zero-order valence-electron chi connectivity index (χ0n) is 13.0. The average Bonchev–Trinajstić information content (AvgIpc) is 3.08. The van der Waals surface area contributed by atoms with Crippen molar-refractivity contribution in [3.05, 3.63) is 30.0 Å². The minimum absolute atomic E-state index is 0.0505. The largest absolute Gasteiger partial charge is 0.396 e. The molecule has 0 unspecified atom stereocenters. The molecule has 0 spiro atoms. The second kappa shape index (κ2) is 4.32. The summed E-state index contributed by atoms with van der Waals surface area (Å²) in [5.74, 6) is 0.444. The van der Waals surface area contributed by atoms with Crippen molar-refractivity contribution in [2.24, 2.45) is 16.7 Å². The van der Waals surface area contributed by atoms with Crippen LogP contribution in [0.25, 0.3) is 10.9 Å². The van der Waals surface area contributed by atoms with Crippen LogP contribution in [0.4, 0.5) is 0 Å². The van der Waals surface area contributed by atoms with Gasteiger partial charge in [0.1, 0.15) is 0 Å². The Labute approximate surface area is 129 Å². The van der Waals surface area contributed by atoms with Gasteiger partial charge < -0.3 is 10.0 Å². The Hall–Kier alpha value is -1.88. The number of aliphatic hydroxyl groups is 1. The van der Waals surface area contributed by atoms with Gasteiger partial charge in [0.25, 0.3) is 5.91 Å². The molecule has 1 aromatic heterocycles. The molecule has 116 valence electrons. The van der Waals surface area contributed by atoms with E-state index in [1.54, 1.807) is 6.20 Å². The van der Waals surface area contributed by atoms with E-state index in [4.69, 9.17) is 0 Å². The number of nitrogens with one attached hydrogen (secondary N) is 1. The Morgan fingerprint density at radius 1 is 1.50 bits per heavy atom. The number of hydrogen-bond acceptors (Lipinski definition) is 3. The number of fused-ring (bicyclic) bond motifs is 2. The molecule has 1 saturated carbocycles. The Morgan fingerprint density at radius 3 is 3.00 bits per heavy atom. The van der Waals surface area contributed by atoms with Crippen LogP contribution < -0.4 is 0 Å². The van der Waals surface area contributed by atoms with E-state index >= 15 is 0 Å². The smallest absolute Gasteiger partial charge is 0.253 e. The van der Waals surface area contributed by atoms with Crippen molar-refractivity contribution < 1.29 is 9.90 Å². The molecule has 2 N–H and O–H groups in total. The van der Waals surface area contributed by atoms with Crippen molar-refractivity contribution in [3.8, 4) is 0 Å². The summed E-state index contributed by atoms with van der Waals surface area (Å²) >= 11 is 0. The van der Waals surface area contributed by atoms with Crippen LogP contribution in [0.5, 0.6) is 0 Å². The Morgan fingerprint density at radius 2 is 2.32 bits per heavy atom. The maximum absolute atomic E-state index is 12.8. The third-order valence-electron chi connectivity index (χ3n) is 5.69. The summed E-state index contributed by atoms with van der Waals surface area (Å²) in [6.07, 6.45) is 2.74. The predicted molar refractivity (Wildman–Crippen MR) is 83.4 cm³/mol. The highest BCUT2D eigenvalue weighted by Gasteiger charge is 2.63. The fourth-order valence-corrected chi connectivity index (χ4v) is 4.75. The predicted octanol–water partition coefficient (Wildman–Crippen LogP) is 2.04. The molecule has 22 heavy (non-hydrogen) atoms. The number of aromatic amines is 1. The van der Waals surface area contributed by atoms with E-state index in [1.807, 2.05) is 23.1 Å². The summed E-state index contributed by atoms with van der Waals surface area (Å²) in [4.78, 5) is 14.7. The molecule has 1 amide bonds. The van der Waals surface area contributed by atoms with E-state index < -0.39 is 0 Å². The lowest BCUT2D eigenvalue weighted by Crippen LogP contribution is -2.54. The van der Waals surface area contributed by atoms with Crippen molar-refractivity contribution in [2.45, 2.75) is 20.3 Å². The van der Waals surface area contributed by atoms with E-state index in [1.165, 1.54) is 0 Å². The van der Waals surface area contributed by atoms with Crippen LogP contribution in [0, 0.1) is 16.7 Å². The molecule has 1 aliphatic carbocycles. The van der Waals surface area contributed by atoms with Gasteiger partial charge in [-0.15, -0.1) is 0 Å². The SMILES string of the molecule is CC1(C)C[C@]2(CO)CN(C(=O)c3ccc4cn[nH]c4c3)C[C@H]12. The molecule has 0 bridgehead atoms. The molecule has 1 aliphatic heterocycles. The summed E-state index contributed by atoms with van der Waals surface area (Å²) in [7, 11) is 0. The van der Waals surface area contributed by atoms with Crippen molar-refractivity contribution in [1.29, 1.82) is 0 Å². The third kappa shape index (κ3) is 1.75. The molecule has 1 aromatic carbocycles. The fourth-order valence-electron chi connectivity index (χ4n) is 4.75. The van der Waals surface area contributed by atoms with Gasteiger partial charge in [-0.1, -0.05) is 19.9 Å². The number of amides is 1. The Bertz CT molecular complexity index is 751. The van der Waals surface area contributed by atoms with E-state index in [0.717, 1.165) is 23.9 Å². The zero-order chi connectivity index (χ0) is 15.5. The van der Waals surface area contributed by atoms with Gasteiger partial charge in [-0.2, -0.15) is 5.10 Å². The summed E-state index contributed by atoms with van der Waals surface area (Å²) in [6, 6.07) is 5.64. The van der Waals surface area contributed by atoms with Crippen molar-refractivity contribution in [2.75, 3.05) is 19.7 Å². The number of carbonyl (C=O) groups excluding carboxylic acids is 1. The topological polar surface area (TPSA) is 69.2 Å². The fraction of sp³-hybridized carbons (Fsp3) is 0.529. The summed E-state index contributed by atoms with van der Waals surface area (Å²) in [5, 5.41) is 17.7. The molecule has 2 aromatic rings. The standard InChI is InChI=1S/C17H21N3O2/c1-16(2)8-17(10-21)9-20(7-14(16)17)15(22)11-3-4-12-6-18-19-13(12)5-11/h3-6,14,21H,7-10H2,1-2H3,(H,18,19)/t14-,17-/m1/s1. The lowest BCUT2D eigenvalue weighted by molar-refractivity contribution is -0.0976. The number of rotatable bonds is 2. The first-order valence-corrected chi connectivity index (χ1v) is 7.78. The molecule has 1 saturated heterocycles. The van der Waals surface area contributed by atoms with E-state index in [2.05, 4.69) is 24.0 Å². The quantitative estimate of drug-likeness (QED) is 0.891. The Balaban J connectivity index is 1.61. The molecule has 5 nitrogen and oxygen atoms in total. The minimum atomic E-state index is -0.0861. The van der Waals surface area contributed by atoms with Crippen molar-refractivity contribution in [3.63, 3.8) is 0 Å². The first kappa shape index (κ1) is 13.8. The monoisotopic (exact) mass is 299 g/mol. The average molecular weight is 299 g/mol. The van der Waals surface area contributed by atoms with Crippen LogP contribution >= 0.6 is 0 Å². The number of benzene rings is 1. The number of H-pyrrole nitrogens is 1. The lowest BCUT2D eigenvalue weighted by Gasteiger charge is -2.55. The summed E-state index contributed by atoms with van der Waals surface area (Å²) in [5.41, 5.74) is 1.69. The molecule has 2 heterocycles. The molecule has 4 rings (SSSR count). The summed E-state index contributed by atoms with van der Waals surface area (Å²) < 4.78 is 0. The van der Waals surface area contributed by atoms with Crippen molar-refractivity contribution in [1.82, 2.24) is 15.1 Å². The maximum Gasteiger partial charge on any atom is 0.253 e. The van der Waals surface area contributed by atoms with E-state index in [9.17, 15) is 9.90 Å². The second-order valence-corrected chi connectivity index (χ2v) is 7.60. The second-order valence-electron chi connectivity index (χ2n) is 7.60. The zero-order valence-corrected chi connectivity index (χ0v) is 13.0. The minimum Gasteiger partial charge on any atom is -0.396 e. The molecule has 5 heteroatoms. The van der Waals surface area contributed by atoms with E-state index in [-0.39, 0.29) is 23.3 Å². The molecule has 2 aliphatic rings. The number of carbonyl (C=O) groups is 1. The number of nitrogens with zero attached hydrogens (tertiary/aromatic N) is 2. The molecule has 0 radical (unpaired) electrons. The van der Waals surface area contributed by atoms with Gasteiger partial charge in [0.05, 0.1) is 18.3 Å². The normalized spacial score (nSPS) is 29.4. The highest BCUT2D eigenvalue weighted by molar-refractivity contribution is 5.98. The van der Waals surface area contributed by atoms with Gasteiger partial charge >= 0.3 is 0 Å². The van der Waals surface area contributed by atoms with Gasteiger partial charge in [0.2, 0.25) is 0 Å². The third-order valence-corrected chi connectivity index (χ3v) is 5.69. The van der Waals surface area contributed by atoms with Crippen LogP contribution in [0.3, 0.4) is 0 Å². The van der Waals surface area contributed by atoms with Crippen molar-refractivity contribution >= 4 is 16.8 Å². The summed E-state index contributed by atoms with van der Waals surface area (Å²) in [6.45, 7) is 6.04. The number of hydrogen-bond donors (Lipinski definition) is 2. The van der Waals surface area contributed by atoms with Crippen LogP contribution in [0.15, 0.2) is 24.4 Å². The Kier molecular flexibility index (Phi) is 2.70. The van der Waals surface area contributed by atoms with Gasteiger partial charge in [0, 0.05) is 29.5 Å². The van der Waals surface area contributed by atoms with Crippen LogP contribution in [-0.2, 0) is 0 Å². The van der Waals surface area contributed by atoms with Crippen LogP contribution in [0.1, 0.15) is 30.6 Å². The number of likely N-dealkylation sites (tertiary alicyclic amines) is 1. The molecule has 2 fully saturated rings. The number of aliphatic hydroxyl groups excluding tert-OH is 1. The highest BCUT2D eigenvalue weighted by Crippen LogP contribution is 2.62. The molecule has 2 atom stereocenters. The van der Waals surface area contributed by atoms with Crippen LogP contribution in [-0.4, -0.2) is 45.8 Å². The first-order valence-electron chi connectivity index (χ1n) is 7.78. The number of aromatic nitrogens is 2. The molecular formula is C17H21N3O2.